The molecule has 2 saturated heterocycles. The van der Waals surface area contributed by atoms with Crippen LogP contribution >= 0.6 is 0 Å². The van der Waals surface area contributed by atoms with Gasteiger partial charge in [0.25, 0.3) is 0 Å². The molecule has 2 aliphatic rings. The van der Waals surface area contributed by atoms with Crippen molar-refractivity contribution < 1.29 is 4.79 Å². The second-order valence-electron chi connectivity index (χ2n) is 9.38. The number of carbonyl (C=O) groups excluding carboxylic acids is 1. The molecule has 0 radical (unpaired) electrons. The van der Waals surface area contributed by atoms with E-state index < -0.39 is 0 Å². The first-order chi connectivity index (χ1) is 17.1. The monoisotopic (exact) mass is 466 g/mol. The SMILES string of the molecule is Cn1cc(-c2cc(-c3ccc(N4CC[C@@H](C(=O)N5CCCC5)C4)nc3)c3c(C#N)cnn3c2)cn1. The number of hydrogen-bond donors (Lipinski definition) is 0. The summed E-state index contributed by atoms with van der Waals surface area (Å²) in [5, 5.41) is 18.3. The van der Waals surface area contributed by atoms with Gasteiger partial charge in [-0.25, -0.2) is 9.50 Å². The molecule has 4 aromatic rings. The van der Waals surface area contributed by atoms with Gasteiger partial charge in [-0.15, -0.1) is 0 Å². The average molecular weight is 467 g/mol. The van der Waals surface area contributed by atoms with Crippen LogP contribution in [0.2, 0.25) is 0 Å². The van der Waals surface area contributed by atoms with Crippen LogP contribution in [0.1, 0.15) is 24.8 Å². The number of aryl methyl sites for hydroxylation is 1. The van der Waals surface area contributed by atoms with Gasteiger partial charge in [0.1, 0.15) is 11.9 Å². The van der Waals surface area contributed by atoms with E-state index in [4.69, 9.17) is 4.98 Å². The Bertz CT molecular complexity index is 1440. The highest BCUT2D eigenvalue weighted by Gasteiger charge is 2.33. The lowest BCUT2D eigenvalue weighted by Gasteiger charge is -2.21. The highest BCUT2D eigenvalue weighted by molar-refractivity contribution is 5.87. The molecule has 0 unspecified atom stereocenters. The van der Waals surface area contributed by atoms with Crippen LogP contribution in [0.15, 0.2) is 49.2 Å². The third-order valence-electron chi connectivity index (χ3n) is 7.11. The minimum absolute atomic E-state index is 0.0512. The predicted molar refractivity (Wildman–Crippen MR) is 131 cm³/mol. The maximum atomic E-state index is 12.8. The number of nitrogens with zero attached hydrogens (tertiary/aromatic N) is 8. The molecule has 0 bridgehead atoms. The maximum Gasteiger partial charge on any atom is 0.227 e. The Kier molecular flexibility index (Phi) is 5.21. The lowest BCUT2D eigenvalue weighted by molar-refractivity contribution is -0.133. The zero-order valence-corrected chi connectivity index (χ0v) is 19.6. The highest BCUT2D eigenvalue weighted by Crippen LogP contribution is 2.33. The van der Waals surface area contributed by atoms with Crippen molar-refractivity contribution in [3.05, 3.63) is 54.7 Å². The number of rotatable bonds is 4. The Morgan fingerprint density at radius 2 is 1.89 bits per heavy atom. The fourth-order valence-corrected chi connectivity index (χ4v) is 5.25. The zero-order chi connectivity index (χ0) is 23.9. The summed E-state index contributed by atoms with van der Waals surface area (Å²) in [5.41, 5.74) is 5.00. The van der Waals surface area contributed by atoms with Crippen LogP contribution in [0, 0.1) is 17.2 Å². The number of amides is 1. The lowest BCUT2D eigenvalue weighted by Crippen LogP contribution is -2.35. The van der Waals surface area contributed by atoms with E-state index in [0.717, 1.165) is 72.5 Å². The van der Waals surface area contributed by atoms with Crippen LogP contribution in [-0.2, 0) is 11.8 Å². The Balaban J connectivity index is 1.30. The number of carbonyl (C=O) groups is 1. The van der Waals surface area contributed by atoms with Crippen LogP contribution in [0.25, 0.3) is 27.8 Å². The number of likely N-dealkylation sites (tertiary alicyclic amines) is 1. The number of pyridine rings is 2. The lowest BCUT2D eigenvalue weighted by atomic mass is 10.0. The standard InChI is InChI=1S/C26H26N8O/c1-31-15-22(14-29-31)20-10-23(25-21(11-27)13-30-34(25)17-20)18-4-5-24(28-12-18)33-9-6-19(16-33)26(35)32-7-2-3-8-32/h4-5,10,12-15,17,19H,2-3,6-9,16H2,1H3/t19-/m1/s1. The molecule has 176 valence electrons. The van der Waals surface area contributed by atoms with Crippen LogP contribution in [-0.4, -0.2) is 61.4 Å². The predicted octanol–water partition coefficient (Wildman–Crippen LogP) is 3.12. The summed E-state index contributed by atoms with van der Waals surface area (Å²) in [5.74, 6) is 1.22. The topological polar surface area (TPSA) is 95.3 Å². The van der Waals surface area contributed by atoms with Gasteiger partial charge < -0.3 is 9.80 Å². The van der Waals surface area contributed by atoms with Gasteiger partial charge in [0.05, 0.1) is 29.4 Å². The molecule has 0 saturated carbocycles. The molecule has 0 spiro atoms. The third-order valence-corrected chi connectivity index (χ3v) is 7.11. The van der Waals surface area contributed by atoms with Gasteiger partial charge in [-0.1, -0.05) is 0 Å². The largest absolute Gasteiger partial charge is 0.356 e. The maximum absolute atomic E-state index is 12.8. The van der Waals surface area contributed by atoms with Crippen molar-refractivity contribution in [1.29, 1.82) is 5.26 Å². The normalized spacial score (nSPS) is 17.9. The molecule has 9 nitrogen and oxygen atoms in total. The molecule has 35 heavy (non-hydrogen) atoms. The van der Waals surface area contributed by atoms with Gasteiger partial charge in [0.15, 0.2) is 0 Å². The summed E-state index contributed by atoms with van der Waals surface area (Å²) in [6.07, 6.45) is 12.2. The van der Waals surface area contributed by atoms with E-state index in [-0.39, 0.29) is 5.92 Å². The van der Waals surface area contributed by atoms with Gasteiger partial charge in [-0.05, 0) is 37.5 Å². The van der Waals surface area contributed by atoms with Crippen LogP contribution in [0.3, 0.4) is 0 Å². The van der Waals surface area contributed by atoms with Gasteiger partial charge in [0.2, 0.25) is 5.91 Å². The molecule has 0 N–H and O–H groups in total. The van der Waals surface area contributed by atoms with Crippen LogP contribution in [0.4, 0.5) is 5.82 Å². The molecule has 9 heteroatoms. The second-order valence-corrected chi connectivity index (χ2v) is 9.38. The Morgan fingerprint density at radius 3 is 2.60 bits per heavy atom. The average Bonchev–Trinajstić information content (AvgIpc) is 3.69. The zero-order valence-electron chi connectivity index (χ0n) is 19.6. The van der Waals surface area contributed by atoms with Crippen molar-refractivity contribution in [3.63, 3.8) is 0 Å². The van der Waals surface area contributed by atoms with E-state index in [0.29, 0.717) is 18.0 Å². The van der Waals surface area contributed by atoms with E-state index in [1.807, 2.05) is 48.9 Å². The number of fused-ring (bicyclic) bond motifs is 1. The molecule has 4 aromatic heterocycles. The molecule has 1 amide bonds. The van der Waals surface area contributed by atoms with Crippen LogP contribution in [0.5, 0.6) is 0 Å². The van der Waals surface area contributed by atoms with Crippen molar-refractivity contribution in [3.8, 4) is 28.3 Å². The summed E-state index contributed by atoms with van der Waals surface area (Å²) in [6.45, 7) is 3.34. The number of nitriles is 1. The summed E-state index contributed by atoms with van der Waals surface area (Å²) < 4.78 is 3.51. The first-order valence-corrected chi connectivity index (χ1v) is 12.0. The number of aromatic nitrogens is 5. The van der Waals surface area contributed by atoms with Crippen LogP contribution < -0.4 is 4.90 Å². The van der Waals surface area contributed by atoms with E-state index in [9.17, 15) is 10.1 Å². The van der Waals surface area contributed by atoms with E-state index in [2.05, 4.69) is 27.2 Å². The molecular weight excluding hydrogens is 440 g/mol. The van der Waals surface area contributed by atoms with Crippen molar-refractivity contribution in [2.45, 2.75) is 19.3 Å². The summed E-state index contributed by atoms with van der Waals surface area (Å²) in [7, 11) is 1.88. The summed E-state index contributed by atoms with van der Waals surface area (Å²) in [6, 6.07) is 8.36. The van der Waals surface area contributed by atoms with E-state index in [1.54, 1.807) is 15.4 Å². The summed E-state index contributed by atoms with van der Waals surface area (Å²) >= 11 is 0. The molecule has 1 atom stereocenters. The van der Waals surface area contributed by atoms with E-state index >= 15 is 0 Å². The summed E-state index contributed by atoms with van der Waals surface area (Å²) in [4.78, 5) is 21.8. The number of anilines is 1. The van der Waals surface area contributed by atoms with Gasteiger partial charge >= 0.3 is 0 Å². The first-order valence-electron chi connectivity index (χ1n) is 12.0. The Hall–Kier alpha value is -4.19. The van der Waals surface area contributed by atoms with Crippen molar-refractivity contribution >= 4 is 17.2 Å². The molecule has 6 rings (SSSR count). The van der Waals surface area contributed by atoms with Crippen molar-refractivity contribution in [2.75, 3.05) is 31.1 Å². The van der Waals surface area contributed by atoms with E-state index in [1.165, 1.54) is 0 Å². The fraction of sp³-hybridized carbons (Fsp3) is 0.346. The molecular formula is C26H26N8O. The molecule has 2 fully saturated rings. The van der Waals surface area contributed by atoms with Gasteiger partial charge in [-0.2, -0.15) is 15.5 Å². The van der Waals surface area contributed by atoms with Crippen molar-refractivity contribution in [2.24, 2.45) is 13.0 Å². The Labute approximate surface area is 203 Å². The minimum Gasteiger partial charge on any atom is -0.356 e. The van der Waals surface area contributed by atoms with Gasteiger partial charge in [0, 0.05) is 74.1 Å². The first kappa shape index (κ1) is 21.4. The smallest absolute Gasteiger partial charge is 0.227 e. The van der Waals surface area contributed by atoms with Gasteiger partial charge in [-0.3, -0.25) is 9.48 Å². The highest BCUT2D eigenvalue weighted by atomic mass is 16.2. The third kappa shape index (κ3) is 3.81. The number of hydrogen-bond acceptors (Lipinski definition) is 6. The molecule has 0 aliphatic carbocycles. The Morgan fingerprint density at radius 1 is 1.03 bits per heavy atom. The second kappa shape index (κ2) is 8.55. The molecule has 0 aromatic carbocycles. The van der Waals surface area contributed by atoms with Crippen molar-refractivity contribution in [1.82, 2.24) is 29.3 Å². The molecule has 6 heterocycles. The molecule has 2 aliphatic heterocycles. The quantitative estimate of drug-likeness (QED) is 0.459. The minimum atomic E-state index is 0.0512. The fourth-order valence-electron chi connectivity index (χ4n) is 5.25.